The molecule has 2 aromatic carbocycles. The van der Waals surface area contributed by atoms with Crippen LogP contribution in [0.2, 0.25) is 0 Å². The molecule has 1 heterocycles. The van der Waals surface area contributed by atoms with Gasteiger partial charge in [0.2, 0.25) is 5.91 Å². The van der Waals surface area contributed by atoms with E-state index in [1.54, 1.807) is 24.9 Å². The Morgan fingerprint density at radius 1 is 1.12 bits per heavy atom. The van der Waals surface area contributed by atoms with Crippen molar-refractivity contribution in [3.63, 3.8) is 0 Å². The van der Waals surface area contributed by atoms with Crippen LogP contribution in [0, 0.1) is 5.92 Å². The molecular formula is C25H30N4O2S. The number of aromatic nitrogens is 3. The normalized spacial score (nSPS) is 11.2. The minimum atomic E-state index is -0.168. The van der Waals surface area contributed by atoms with Gasteiger partial charge in [-0.2, -0.15) is 0 Å². The second-order valence-electron chi connectivity index (χ2n) is 7.81. The van der Waals surface area contributed by atoms with Gasteiger partial charge in [0.25, 0.3) is 0 Å². The van der Waals surface area contributed by atoms with E-state index >= 15 is 0 Å². The maximum atomic E-state index is 12.3. The largest absolute Gasteiger partial charge is 0.497 e. The monoisotopic (exact) mass is 450 g/mol. The number of aryl methyl sites for hydroxylation is 1. The van der Waals surface area contributed by atoms with Crippen molar-refractivity contribution in [2.75, 3.05) is 12.9 Å². The van der Waals surface area contributed by atoms with E-state index in [1.165, 1.54) is 11.6 Å². The smallest absolute Gasteiger partial charge is 0.244 e. The molecule has 0 atom stereocenters. The average Bonchev–Trinajstić information content (AvgIpc) is 3.18. The summed E-state index contributed by atoms with van der Waals surface area (Å²) in [7, 11) is 1.63. The van der Waals surface area contributed by atoms with Gasteiger partial charge < -0.3 is 14.6 Å². The highest BCUT2D eigenvalue weighted by Crippen LogP contribution is 2.20. The number of benzene rings is 2. The predicted octanol–water partition coefficient (Wildman–Crippen LogP) is 4.61. The Bertz CT molecular complexity index is 1010. The lowest BCUT2D eigenvalue weighted by Gasteiger charge is -2.12. The van der Waals surface area contributed by atoms with Gasteiger partial charge in [-0.1, -0.05) is 68.1 Å². The summed E-state index contributed by atoms with van der Waals surface area (Å²) in [5.41, 5.74) is 2.24. The number of hydrogen-bond acceptors (Lipinski definition) is 5. The van der Waals surface area contributed by atoms with Gasteiger partial charge in [0.15, 0.2) is 11.0 Å². The van der Waals surface area contributed by atoms with Gasteiger partial charge in [0.1, 0.15) is 5.75 Å². The molecule has 7 heteroatoms. The molecule has 0 bridgehead atoms. The molecule has 0 spiro atoms. The molecule has 168 valence electrons. The number of methoxy groups -OCH3 is 1. The lowest BCUT2D eigenvalue weighted by atomic mass is 10.2. The second kappa shape index (κ2) is 12.1. The fraction of sp³-hybridized carbons (Fsp3) is 0.320. The van der Waals surface area contributed by atoms with Crippen molar-refractivity contribution in [1.29, 1.82) is 0 Å². The van der Waals surface area contributed by atoms with Crippen LogP contribution in [0.1, 0.15) is 30.8 Å². The van der Waals surface area contributed by atoms with E-state index in [9.17, 15) is 4.79 Å². The molecule has 0 aliphatic carbocycles. The molecule has 1 amide bonds. The zero-order valence-electron chi connectivity index (χ0n) is 18.8. The molecule has 0 aliphatic rings. The summed E-state index contributed by atoms with van der Waals surface area (Å²) in [5.74, 6) is 2.76. The maximum absolute atomic E-state index is 12.3. The highest BCUT2D eigenvalue weighted by atomic mass is 32.2. The zero-order valence-corrected chi connectivity index (χ0v) is 19.6. The van der Waals surface area contributed by atoms with Gasteiger partial charge in [-0.25, -0.2) is 0 Å². The molecule has 32 heavy (non-hydrogen) atoms. The van der Waals surface area contributed by atoms with Crippen molar-refractivity contribution in [3.05, 3.63) is 77.6 Å². The van der Waals surface area contributed by atoms with E-state index in [0.717, 1.165) is 41.0 Å². The molecule has 1 N–H and O–H groups in total. The van der Waals surface area contributed by atoms with Crippen LogP contribution >= 0.6 is 11.8 Å². The summed E-state index contributed by atoms with van der Waals surface area (Å²) in [5, 5.41) is 12.5. The third kappa shape index (κ3) is 7.27. The van der Waals surface area contributed by atoms with Crippen LogP contribution < -0.4 is 10.1 Å². The van der Waals surface area contributed by atoms with Crippen LogP contribution in [0.4, 0.5) is 0 Å². The highest BCUT2D eigenvalue weighted by molar-refractivity contribution is 7.99. The van der Waals surface area contributed by atoms with Gasteiger partial charge in [-0.3, -0.25) is 4.79 Å². The number of nitrogens with one attached hydrogen (secondary N) is 1. The fourth-order valence-corrected chi connectivity index (χ4v) is 4.08. The number of hydrogen-bond donors (Lipinski definition) is 1. The Morgan fingerprint density at radius 2 is 1.88 bits per heavy atom. The van der Waals surface area contributed by atoms with E-state index in [-0.39, 0.29) is 5.91 Å². The van der Waals surface area contributed by atoms with Crippen LogP contribution in [-0.4, -0.2) is 33.5 Å². The molecule has 0 saturated heterocycles. The highest BCUT2D eigenvalue weighted by Gasteiger charge is 2.14. The van der Waals surface area contributed by atoms with E-state index in [1.807, 2.05) is 30.3 Å². The van der Waals surface area contributed by atoms with Crippen molar-refractivity contribution >= 4 is 23.7 Å². The third-order valence-electron chi connectivity index (χ3n) is 4.77. The summed E-state index contributed by atoms with van der Waals surface area (Å²) in [4.78, 5) is 12.3. The summed E-state index contributed by atoms with van der Waals surface area (Å²) >= 11 is 1.70. The van der Waals surface area contributed by atoms with E-state index in [0.29, 0.717) is 12.5 Å². The van der Waals surface area contributed by atoms with Gasteiger partial charge in [-0.05, 0) is 41.7 Å². The Hall–Kier alpha value is -3.06. The third-order valence-corrected chi connectivity index (χ3v) is 5.74. The molecule has 0 unspecified atom stereocenters. The zero-order chi connectivity index (χ0) is 22.8. The first-order valence-corrected chi connectivity index (χ1v) is 11.7. The Labute approximate surface area is 194 Å². The van der Waals surface area contributed by atoms with Crippen LogP contribution in [0.15, 0.2) is 65.8 Å². The summed E-state index contributed by atoms with van der Waals surface area (Å²) < 4.78 is 7.27. The summed E-state index contributed by atoms with van der Waals surface area (Å²) in [6.07, 6.45) is 4.28. The SMILES string of the molecule is COc1ccc(/C=C/C(=O)NCc2nnc(SCCc3ccccc3)n2CC(C)C)cc1. The number of amides is 1. The average molecular weight is 451 g/mol. The van der Waals surface area contributed by atoms with Gasteiger partial charge in [0.05, 0.1) is 13.7 Å². The van der Waals surface area contributed by atoms with Crippen molar-refractivity contribution < 1.29 is 9.53 Å². The Morgan fingerprint density at radius 3 is 2.56 bits per heavy atom. The van der Waals surface area contributed by atoms with Crippen molar-refractivity contribution in [1.82, 2.24) is 20.1 Å². The number of ether oxygens (including phenoxy) is 1. The van der Waals surface area contributed by atoms with E-state index in [2.05, 4.69) is 58.2 Å². The standard InChI is InChI=1S/C25H30N4O2S/c1-19(2)18-29-23(27-28-25(29)32-16-15-20-7-5-4-6-8-20)17-26-24(30)14-11-21-9-12-22(31-3)13-10-21/h4-14,19H,15-18H2,1-3H3,(H,26,30)/b14-11+. The molecule has 0 saturated carbocycles. The van der Waals surface area contributed by atoms with Crippen LogP contribution in [0.5, 0.6) is 5.75 Å². The molecule has 0 radical (unpaired) electrons. The van der Waals surface area contributed by atoms with Gasteiger partial charge in [-0.15, -0.1) is 10.2 Å². The van der Waals surface area contributed by atoms with Gasteiger partial charge in [0, 0.05) is 18.4 Å². The molecule has 1 aromatic heterocycles. The summed E-state index contributed by atoms with van der Waals surface area (Å²) in [6.45, 7) is 5.48. The minimum absolute atomic E-state index is 0.168. The topological polar surface area (TPSA) is 69.0 Å². The Balaban J connectivity index is 1.57. The van der Waals surface area contributed by atoms with Gasteiger partial charge >= 0.3 is 0 Å². The number of thioether (sulfide) groups is 1. The lowest BCUT2D eigenvalue weighted by Crippen LogP contribution is -2.23. The second-order valence-corrected chi connectivity index (χ2v) is 8.87. The van der Waals surface area contributed by atoms with Crippen molar-refractivity contribution in [3.8, 4) is 5.75 Å². The fourth-order valence-electron chi connectivity index (χ4n) is 3.12. The molecular weight excluding hydrogens is 420 g/mol. The number of carbonyl (C=O) groups is 1. The van der Waals surface area contributed by atoms with E-state index in [4.69, 9.17) is 4.74 Å². The molecule has 3 aromatic rings. The van der Waals surface area contributed by atoms with E-state index < -0.39 is 0 Å². The van der Waals surface area contributed by atoms with Crippen molar-refractivity contribution in [2.24, 2.45) is 5.92 Å². The molecule has 0 aliphatic heterocycles. The van der Waals surface area contributed by atoms with Crippen LogP contribution in [0.3, 0.4) is 0 Å². The first-order chi connectivity index (χ1) is 15.5. The number of rotatable bonds is 11. The van der Waals surface area contributed by atoms with Crippen LogP contribution in [0.25, 0.3) is 6.08 Å². The first-order valence-electron chi connectivity index (χ1n) is 10.7. The van der Waals surface area contributed by atoms with Crippen LogP contribution in [-0.2, 0) is 24.3 Å². The number of carbonyl (C=O) groups excluding carboxylic acids is 1. The first kappa shape index (κ1) is 23.6. The number of nitrogens with zero attached hydrogens (tertiary/aromatic N) is 3. The summed E-state index contributed by atoms with van der Waals surface area (Å²) in [6, 6.07) is 18.0. The Kier molecular flexibility index (Phi) is 8.92. The molecule has 0 fully saturated rings. The predicted molar refractivity (Wildman–Crippen MR) is 130 cm³/mol. The van der Waals surface area contributed by atoms with Crippen molar-refractivity contribution in [2.45, 2.75) is 38.5 Å². The lowest BCUT2D eigenvalue weighted by molar-refractivity contribution is -0.116. The molecule has 3 rings (SSSR count). The quantitative estimate of drug-likeness (QED) is 0.341. The molecule has 6 nitrogen and oxygen atoms in total. The maximum Gasteiger partial charge on any atom is 0.244 e. The minimum Gasteiger partial charge on any atom is -0.497 e.